The van der Waals surface area contributed by atoms with E-state index in [9.17, 15) is 4.79 Å². The van der Waals surface area contributed by atoms with Crippen molar-refractivity contribution in [1.29, 1.82) is 0 Å². The van der Waals surface area contributed by atoms with Crippen LogP contribution in [0.1, 0.15) is 35.7 Å². The molecule has 4 heteroatoms. The van der Waals surface area contributed by atoms with Crippen molar-refractivity contribution in [3.05, 3.63) is 78.4 Å². The van der Waals surface area contributed by atoms with Gasteiger partial charge in [-0.2, -0.15) is 0 Å². The summed E-state index contributed by atoms with van der Waals surface area (Å²) in [6, 6.07) is 15.4. The first-order valence-corrected chi connectivity index (χ1v) is 7.63. The predicted octanol–water partition coefficient (Wildman–Crippen LogP) is 4.25. The molecular formula is C19H19N3O. The summed E-state index contributed by atoms with van der Waals surface area (Å²) in [5.41, 5.74) is 3.66. The summed E-state index contributed by atoms with van der Waals surface area (Å²) < 4.78 is 1.91. The van der Waals surface area contributed by atoms with E-state index in [1.165, 1.54) is 5.56 Å². The number of hydrogen-bond donors (Lipinski definition) is 1. The Hall–Kier alpha value is -2.88. The molecule has 0 fully saturated rings. The number of anilines is 1. The molecule has 0 radical (unpaired) electrons. The number of carbonyl (C=O) groups excluding carboxylic acids is 1. The highest BCUT2D eigenvalue weighted by Gasteiger charge is 2.07. The van der Waals surface area contributed by atoms with Crippen molar-refractivity contribution >= 4 is 11.6 Å². The van der Waals surface area contributed by atoms with Crippen molar-refractivity contribution in [2.45, 2.75) is 19.8 Å². The molecule has 0 unspecified atom stereocenters. The van der Waals surface area contributed by atoms with Gasteiger partial charge in [-0.15, -0.1) is 0 Å². The number of benzene rings is 2. The Morgan fingerprint density at radius 1 is 1.04 bits per heavy atom. The summed E-state index contributed by atoms with van der Waals surface area (Å²) in [5, 5.41) is 2.92. The minimum Gasteiger partial charge on any atom is -0.322 e. The Labute approximate surface area is 135 Å². The molecule has 0 saturated heterocycles. The maximum absolute atomic E-state index is 12.3. The molecule has 0 saturated carbocycles. The lowest BCUT2D eigenvalue weighted by Crippen LogP contribution is -2.11. The third kappa shape index (κ3) is 3.48. The van der Waals surface area contributed by atoms with Crippen LogP contribution < -0.4 is 5.32 Å². The van der Waals surface area contributed by atoms with Gasteiger partial charge in [0.1, 0.15) is 0 Å². The maximum Gasteiger partial charge on any atom is 0.255 e. The topological polar surface area (TPSA) is 46.9 Å². The predicted molar refractivity (Wildman–Crippen MR) is 92.0 cm³/mol. The zero-order valence-corrected chi connectivity index (χ0v) is 13.2. The minimum absolute atomic E-state index is 0.101. The summed E-state index contributed by atoms with van der Waals surface area (Å²) in [4.78, 5) is 16.3. The van der Waals surface area contributed by atoms with E-state index in [-0.39, 0.29) is 5.91 Å². The van der Waals surface area contributed by atoms with Crippen LogP contribution >= 0.6 is 0 Å². The van der Waals surface area contributed by atoms with E-state index < -0.39 is 0 Å². The molecule has 116 valence electrons. The summed E-state index contributed by atoms with van der Waals surface area (Å²) in [6.45, 7) is 4.27. The molecule has 1 N–H and O–H groups in total. The normalized spacial score (nSPS) is 10.7. The fraction of sp³-hybridized carbons (Fsp3) is 0.158. The van der Waals surface area contributed by atoms with Gasteiger partial charge in [0.2, 0.25) is 0 Å². The second-order valence-electron chi connectivity index (χ2n) is 5.75. The molecule has 0 aliphatic carbocycles. The van der Waals surface area contributed by atoms with Gasteiger partial charge in [0, 0.05) is 29.3 Å². The number of nitrogens with zero attached hydrogens (tertiary/aromatic N) is 2. The van der Waals surface area contributed by atoms with E-state index >= 15 is 0 Å². The molecular weight excluding hydrogens is 286 g/mol. The fourth-order valence-electron chi connectivity index (χ4n) is 2.35. The minimum atomic E-state index is -0.101. The van der Waals surface area contributed by atoms with Crippen LogP contribution in [0, 0.1) is 0 Å². The van der Waals surface area contributed by atoms with E-state index in [1.54, 1.807) is 12.5 Å². The van der Waals surface area contributed by atoms with Gasteiger partial charge in [-0.25, -0.2) is 4.98 Å². The number of hydrogen-bond acceptors (Lipinski definition) is 2. The molecule has 3 aromatic rings. The van der Waals surface area contributed by atoms with Crippen LogP contribution in [0.4, 0.5) is 5.69 Å². The molecule has 1 amide bonds. The second-order valence-corrected chi connectivity index (χ2v) is 5.75. The number of carbonyl (C=O) groups is 1. The van der Waals surface area contributed by atoms with Gasteiger partial charge in [0.05, 0.1) is 6.33 Å². The molecule has 2 aromatic carbocycles. The van der Waals surface area contributed by atoms with Gasteiger partial charge in [-0.1, -0.05) is 26.0 Å². The van der Waals surface area contributed by atoms with Crippen LogP contribution in [0.2, 0.25) is 0 Å². The Bertz CT molecular complexity index is 772. The third-order valence-corrected chi connectivity index (χ3v) is 3.77. The molecule has 4 nitrogen and oxygen atoms in total. The van der Waals surface area contributed by atoms with E-state index in [1.807, 2.05) is 59.3 Å². The van der Waals surface area contributed by atoms with E-state index in [0.717, 1.165) is 11.4 Å². The second kappa shape index (κ2) is 6.48. The van der Waals surface area contributed by atoms with Crippen molar-refractivity contribution in [2.75, 3.05) is 5.32 Å². The van der Waals surface area contributed by atoms with Gasteiger partial charge in [-0.3, -0.25) is 4.79 Å². The highest BCUT2D eigenvalue weighted by molar-refractivity contribution is 6.04. The van der Waals surface area contributed by atoms with E-state index in [4.69, 9.17) is 0 Å². The molecule has 3 rings (SSSR count). The molecule has 1 aromatic heterocycles. The number of imidazole rings is 1. The summed E-state index contributed by atoms with van der Waals surface area (Å²) in [7, 11) is 0. The molecule has 1 heterocycles. The van der Waals surface area contributed by atoms with Gasteiger partial charge in [0.25, 0.3) is 5.91 Å². The van der Waals surface area contributed by atoms with E-state index in [0.29, 0.717) is 11.5 Å². The standard InChI is InChI=1S/C19H19N3O/c1-14(2)15-3-5-16(6-4-15)19(23)21-17-7-9-18(10-8-17)22-12-11-20-13-22/h3-14H,1-2H3,(H,21,23). The van der Waals surface area contributed by atoms with Crippen molar-refractivity contribution in [2.24, 2.45) is 0 Å². The largest absolute Gasteiger partial charge is 0.322 e. The first-order valence-electron chi connectivity index (χ1n) is 7.63. The average molecular weight is 305 g/mol. The Morgan fingerprint density at radius 3 is 2.30 bits per heavy atom. The molecule has 0 aliphatic rings. The van der Waals surface area contributed by atoms with Gasteiger partial charge >= 0.3 is 0 Å². The summed E-state index contributed by atoms with van der Waals surface area (Å²) in [5.74, 6) is 0.360. The van der Waals surface area contributed by atoms with Crippen LogP contribution in [0.25, 0.3) is 5.69 Å². The quantitative estimate of drug-likeness (QED) is 0.783. The summed E-state index contributed by atoms with van der Waals surface area (Å²) in [6.07, 6.45) is 5.35. The van der Waals surface area contributed by atoms with Gasteiger partial charge < -0.3 is 9.88 Å². The van der Waals surface area contributed by atoms with Crippen molar-refractivity contribution in [1.82, 2.24) is 9.55 Å². The number of rotatable bonds is 4. The molecule has 0 aliphatic heterocycles. The smallest absolute Gasteiger partial charge is 0.255 e. The lowest BCUT2D eigenvalue weighted by Gasteiger charge is -2.09. The van der Waals surface area contributed by atoms with Crippen LogP contribution in [-0.2, 0) is 0 Å². The van der Waals surface area contributed by atoms with Crippen LogP contribution in [-0.4, -0.2) is 15.5 Å². The summed E-state index contributed by atoms with van der Waals surface area (Å²) >= 11 is 0. The SMILES string of the molecule is CC(C)c1ccc(C(=O)Nc2ccc(-n3ccnc3)cc2)cc1. The van der Waals surface area contributed by atoms with Crippen molar-refractivity contribution in [3.8, 4) is 5.69 Å². The maximum atomic E-state index is 12.3. The van der Waals surface area contributed by atoms with Crippen molar-refractivity contribution < 1.29 is 4.79 Å². The molecule has 23 heavy (non-hydrogen) atoms. The first kappa shape index (κ1) is 15.0. The fourth-order valence-corrected chi connectivity index (χ4v) is 2.35. The lowest BCUT2D eigenvalue weighted by molar-refractivity contribution is 0.102. The molecule has 0 bridgehead atoms. The van der Waals surface area contributed by atoms with Crippen LogP contribution in [0.3, 0.4) is 0 Å². The van der Waals surface area contributed by atoms with Gasteiger partial charge in [0.15, 0.2) is 0 Å². The monoisotopic (exact) mass is 305 g/mol. The molecule has 0 atom stereocenters. The number of aromatic nitrogens is 2. The third-order valence-electron chi connectivity index (χ3n) is 3.77. The molecule has 0 spiro atoms. The van der Waals surface area contributed by atoms with E-state index in [2.05, 4.69) is 24.1 Å². The highest BCUT2D eigenvalue weighted by Crippen LogP contribution is 2.17. The first-order chi connectivity index (χ1) is 11.1. The lowest BCUT2D eigenvalue weighted by atomic mass is 10.0. The zero-order valence-electron chi connectivity index (χ0n) is 13.2. The van der Waals surface area contributed by atoms with Crippen molar-refractivity contribution in [3.63, 3.8) is 0 Å². The Kier molecular flexibility index (Phi) is 4.24. The number of amides is 1. The number of nitrogens with one attached hydrogen (secondary N) is 1. The zero-order chi connectivity index (χ0) is 16.2. The highest BCUT2D eigenvalue weighted by atomic mass is 16.1. The Morgan fingerprint density at radius 2 is 1.74 bits per heavy atom. The van der Waals surface area contributed by atoms with Crippen LogP contribution in [0.15, 0.2) is 67.3 Å². The van der Waals surface area contributed by atoms with Crippen LogP contribution in [0.5, 0.6) is 0 Å². The average Bonchev–Trinajstić information content (AvgIpc) is 3.10. The Balaban J connectivity index is 1.70. The van der Waals surface area contributed by atoms with Gasteiger partial charge in [-0.05, 0) is 47.9 Å².